The van der Waals surface area contributed by atoms with Crippen LogP contribution in [0.3, 0.4) is 0 Å². The molecule has 0 aliphatic rings. The molecule has 2 aromatic rings. The van der Waals surface area contributed by atoms with E-state index in [2.05, 4.69) is 5.32 Å². The van der Waals surface area contributed by atoms with Crippen molar-refractivity contribution in [1.29, 1.82) is 0 Å². The Balaban J connectivity index is 1.91. The zero-order chi connectivity index (χ0) is 16.1. The van der Waals surface area contributed by atoms with E-state index < -0.39 is 18.5 Å². The SMILES string of the molecule is CC(=O)c1cccc(NC(=O)COC(=O)c2ccoc2C)c1. The van der Waals surface area contributed by atoms with E-state index in [4.69, 9.17) is 9.15 Å². The monoisotopic (exact) mass is 301 g/mol. The van der Waals surface area contributed by atoms with Crippen LogP contribution < -0.4 is 5.32 Å². The van der Waals surface area contributed by atoms with Crippen LogP contribution in [-0.2, 0) is 9.53 Å². The minimum atomic E-state index is -0.626. The molecule has 0 radical (unpaired) electrons. The molecule has 0 bridgehead atoms. The lowest BCUT2D eigenvalue weighted by Crippen LogP contribution is -2.21. The average Bonchev–Trinajstić information content (AvgIpc) is 2.91. The van der Waals surface area contributed by atoms with E-state index in [1.165, 1.54) is 19.3 Å². The van der Waals surface area contributed by atoms with Crippen molar-refractivity contribution in [3.05, 3.63) is 53.5 Å². The number of Topliss-reactive ketones (excluding diaryl/α,β-unsaturated/α-hetero) is 1. The molecule has 114 valence electrons. The van der Waals surface area contributed by atoms with Crippen molar-refractivity contribution in [2.45, 2.75) is 13.8 Å². The van der Waals surface area contributed by atoms with Gasteiger partial charge in [-0.25, -0.2) is 4.79 Å². The fourth-order valence-corrected chi connectivity index (χ4v) is 1.82. The number of rotatable bonds is 5. The summed E-state index contributed by atoms with van der Waals surface area (Å²) >= 11 is 0. The number of hydrogen-bond donors (Lipinski definition) is 1. The third-order valence-corrected chi connectivity index (χ3v) is 2.97. The van der Waals surface area contributed by atoms with Gasteiger partial charge in [0, 0.05) is 11.3 Å². The van der Waals surface area contributed by atoms with E-state index in [1.807, 2.05) is 0 Å². The predicted octanol–water partition coefficient (Wildman–Crippen LogP) is 2.59. The molecule has 6 heteroatoms. The van der Waals surface area contributed by atoms with E-state index in [0.29, 0.717) is 17.0 Å². The number of aryl methyl sites for hydroxylation is 1. The van der Waals surface area contributed by atoms with Crippen molar-refractivity contribution in [2.24, 2.45) is 0 Å². The maximum absolute atomic E-state index is 11.8. The normalized spacial score (nSPS) is 10.1. The predicted molar refractivity (Wildman–Crippen MR) is 78.8 cm³/mol. The van der Waals surface area contributed by atoms with Gasteiger partial charge in [-0.15, -0.1) is 0 Å². The maximum atomic E-state index is 11.8. The first-order chi connectivity index (χ1) is 10.5. The highest BCUT2D eigenvalue weighted by molar-refractivity contribution is 5.98. The van der Waals surface area contributed by atoms with E-state index in [9.17, 15) is 14.4 Å². The second kappa shape index (κ2) is 6.71. The van der Waals surface area contributed by atoms with Crippen LogP contribution in [0, 0.1) is 6.92 Å². The molecule has 6 nitrogen and oxygen atoms in total. The number of amides is 1. The summed E-state index contributed by atoms with van der Waals surface area (Å²) in [6.45, 7) is 2.65. The molecule has 0 aliphatic heterocycles. The van der Waals surface area contributed by atoms with Gasteiger partial charge in [0.15, 0.2) is 12.4 Å². The topological polar surface area (TPSA) is 85.6 Å². The van der Waals surface area contributed by atoms with Gasteiger partial charge in [-0.2, -0.15) is 0 Å². The number of furan rings is 1. The minimum absolute atomic E-state index is 0.0991. The molecule has 0 saturated heterocycles. The van der Waals surface area contributed by atoms with Crippen LogP contribution in [0.1, 0.15) is 33.4 Å². The van der Waals surface area contributed by atoms with Gasteiger partial charge in [0.25, 0.3) is 5.91 Å². The summed E-state index contributed by atoms with van der Waals surface area (Å²) in [4.78, 5) is 34.7. The average molecular weight is 301 g/mol. The lowest BCUT2D eigenvalue weighted by atomic mass is 10.1. The highest BCUT2D eigenvalue weighted by Gasteiger charge is 2.14. The molecule has 1 aromatic heterocycles. The molecule has 22 heavy (non-hydrogen) atoms. The van der Waals surface area contributed by atoms with Crippen molar-refractivity contribution in [1.82, 2.24) is 0 Å². The molecule has 0 fully saturated rings. The van der Waals surface area contributed by atoms with Crippen LogP contribution in [0.15, 0.2) is 41.0 Å². The third kappa shape index (κ3) is 3.82. The van der Waals surface area contributed by atoms with Gasteiger partial charge in [-0.05, 0) is 32.0 Å². The summed E-state index contributed by atoms with van der Waals surface area (Å²) in [6.07, 6.45) is 1.37. The fourth-order valence-electron chi connectivity index (χ4n) is 1.82. The van der Waals surface area contributed by atoms with Crippen molar-refractivity contribution in [3.63, 3.8) is 0 Å². The Morgan fingerprint density at radius 1 is 1.23 bits per heavy atom. The van der Waals surface area contributed by atoms with Gasteiger partial charge >= 0.3 is 5.97 Å². The lowest BCUT2D eigenvalue weighted by molar-refractivity contribution is -0.119. The van der Waals surface area contributed by atoms with E-state index in [-0.39, 0.29) is 11.3 Å². The van der Waals surface area contributed by atoms with Gasteiger partial charge < -0.3 is 14.5 Å². The number of nitrogens with one attached hydrogen (secondary N) is 1. The summed E-state index contributed by atoms with van der Waals surface area (Å²) in [5.74, 6) is -0.786. The molecular formula is C16H15NO5. The summed E-state index contributed by atoms with van der Waals surface area (Å²) in [5.41, 5.74) is 1.24. The Kier molecular flexibility index (Phi) is 4.73. The molecule has 1 N–H and O–H groups in total. The van der Waals surface area contributed by atoms with Gasteiger partial charge in [0.2, 0.25) is 0 Å². The zero-order valence-electron chi connectivity index (χ0n) is 12.2. The number of ketones is 1. The Bertz CT molecular complexity index is 717. The van der Waals surface area contributed by atoms with Crippen LogP contribution in [0.4, 0.5) is 5.69 Å². The smallest absolute Gasteiger partial charge is 0.342 e. The summed E-state index contributed by atoms with van der Waals surface area (Å²) in [7, 11) is 0. The molecule has 0 saturated carbocycles. The second-order valence-corrected chi connectivity index (χ2v) is 4.65. The number of esters is 1. The van der Waals surface area contributed by atoms with E-state index >= 15 is 0 Å². The standard InChI is InChI=1S/C16H15NO5/c1-10(18)12-4-3-5-13(8-12)17-15(19)9-22-16(20)14-6-7-21-11(14)2/h3-8H,9H2,1-2H3,(H,17,19). The van der Waals surface area contributed by atoms with Crippen molar-refractivity contribution < 1.29 is 23.5 Å². The Morgan fingerprint density at radius 3 is 2.64 bits per heavy atom. The van der Waals surface area contributed by atoms with Crippen molar-refractivity contribution in [2.75, 3.05) is 11.9 Å². The highest BCUT2D eigenvalue weighted by Crippen LogP contribution is 2.12. The summed E-state index contributed by atoms with van der Waals surface area (Å²) in [5, 5.41) is 2.56. The number of benzene rings is 1. The number of hydrogen-bond acceptors (Lipinski definition) is 5. The van der Waals surface area contributed by atoms with Gasteiger partial charge in [0.1, 0.15) is 11.3 Å². The highest BCUT2D eigenvalue weighted by atomic mass is 16.5. The van der Waals surface area contributed by atoms with Gasteiger partial charge in [0.05, 0.1) is 6.26 Å². The molecule has 1 heterocycles. The minimum Gasteiger partial charge on any atom is -0.469 e. The molecule has 2 rings (SSSR count). The Labute approximate surface area is 127 Å². The number of carbonyl (C=O) groups is 3. The number of carbonyl (C=O) groups excluding carboxylic acids is 3. The third-order valence-electron chi connectivity index (χ3n) is 2.97. The van der Waals surface area contributed by atoms with Crippen LogP contribution in [0.5, 0.6) is 0 Å². The lowest BCUT2D eigenvalue weighted by Gasteiger charge is -2.07. The zero-order valence-corrected chi connectivity index (χ0v) is 12.2. The van der Waals surface area contributed by atoms with Crippen LogP contribution in [0.2, 0.25) is 0 Å². The molecule has 0 atom stereocenters. The van der Waals surface area contributed by atoms with E-state index in [0.717, 1.165) is 0 Å². The molecule has 1 amide bonds. The Morgan fingerprint density at radius 2 is 2.00 bits per heavy atom. The molecule has 0 spiro atoms. The van der Waals surface area contributed by atoms with Crippen LogP contribution in [0.25, 0.3) is 0 Å². The fraction of sp³-hybridized carbons (Fsp3) is 0.188. The molecule has 1 aromatic carbocycles. The summed E-state index contributed by atoms with van der Waals surface area (Å²) in [6, 6.07) is 7.99. The molecule has 0 unspecified atom stereocenters. The van der Waals surface area contributed by atoms with Crippen molar-refractivity contribution >= 4 is 23.3 Å². The van der Waals surface area contributed by atoms with Crippen LogP contribution in [-0.4, -0.2) is 24.3 Å². The second-order valence-electron chi connectivity index (χ2n) is 4.65. The number of anilines is 1. The quantitative estimate of drug-likeness (QED) is 0.677. The van der Waals surface area contributed by atoms with Gasteiger partial charge in [-0.3, -0.25) is 9.59 Å². The first-order valence-electron chi connectivity index (χ1n) is 6.59. The first-order valence-corrected chi connectivity index (χ1v) is 6.59. The largest absolute Gasteiger partial charge is 0.469 e. The van der Waals surface area contributed by atoms with Crippen LogP contribution >= 0.6 is 0 Å². The molecular weight excluding hydrogens is 286 g/mol. The summed E-state index contributed by atoms with van der Waals surface area (Å²) < 4.78 is 9.89. The maximum Gasteiger partial charge on any atom is 0.342 e. The Hall–Kier alpha value is -2.89. The van der Waals surface area contributed by atoms with Crippen molar-refractivity contribution in [3.8, 4) is 0 Å². The van der Waals surface area contributed by atoms with E-state index in [1.54, 1.807) is 31.2 Å². The number of ether oxygens (including phenoxy) is 1. The first kappa shape index (κ1) is 15.5. The van der Waals surface area contributed by atoms with Gasteiger partial charge in [-0.1, -0.05) is 12.1 Å². The molecule has 0 aliphatic carbocycles.